The van der Waals surface area contributed by atoms with E-state index in [2.05, 4.69) is 23.1 Å². The van der Waals surface area contributed by atoms with E-state index >= 15 is 0 Å². The van der Waals surface area contributed by atoms with Crippen LogP contribution in [0.15, 0.2) is 24.3 Å². The lowest BCUT2D eigenvalue weighted by molar-refractivity contribution is -0.900. The van der Waals surface area contributed by atoms with Crippen molar-refractivity contribution >= 4 is 27.5 Å². The Bertz CT molecular complexity index is 678. The Morgan fingerprint density at radius 1 is 1.33 bits per heavy atom. The highest BCUT2D eigenvalue weighted by molar-refractivity contribution is 7.18. The topological polar surface area (TPSA) is 46.9 Å². The predicted molar refractivity (Wildman–Crippen MR) is 94.6 cm³/mol. The van der Waals surface area contributed by atoms with Crippen LogP contribution in [0.25, 0.3) is 10.2 Å². The molecule has 2 aliphatic heterocycles. The maximum atomic E-state index is 12.7. The van der Waals surface area contributed by atoms with Gasteiger partial charge in [-0.25, -0.2) is 4.98 Å². The molecule has 0 radical (unpaired) electrons. The number of amides is 1. The van der Waals surface area contributed by atoms with Crippen molar-refractivity contribution in [2.75, 3.05) is 45.9 Å². The third-order valence-electron chi connectivity index (χ3n) is 5.03. The minimum atomic E-state index is 0.290. The molecule has 2 aliphatic rings. The first-order chi connectivity index (χ1) is 11.8. The molecular formula is C18H24N3O2S+. The molecule has 2 fully saturated rings. The summed E-state index contributed by atoms with van der Waals surface area (Å²) in [6.07, 6.45) is 2.21. The highest BCUT2D eigenvalue weighted by Crippen LogP contribution is 2.32. The monoisotopic (exact) mass is 346 g/mol. The van der Waals surface area contributed by atoms with Crippen LogP contribution < -0.4 is 4.90 Å². The molecule has 1 atom stereocenters. The number of rotatable bonds is 3. The molecule has 0 spiro atoms. The third-order valence-corrected chi connectivity index (χ3v) is 6.23. The number of hydrogen-bond donors (Lipinski definition) is 1. The number of hydrogen-bond acceptors (Lipinski definition) is 4. The minimum Gasteiger partial charge on any atom is -0.370 e. The maximum Gasteiger partial charge on any atom is 0.277 e. The molecule has 3 heterocycles. The normalized spacial score (nSPS) is 22.8. The molecule has 128 valence electrons. The van der Waals surface area contributed by atoms with Crippen molar-refractivity contribution in [2.45, 2.75) is 18.8 Å². The van der Waals surface area contributed by atoms with Crippen molar-refractivity contribution in [1.29, 1.82) is 0 Å². The van der Waals surface area contributed by atoms with Gasteiger partial charge in [0, 0.05) is 19.0 Å². The first-order valence-electron chi connectivity index (χ1n) is 8.84. The van der Waals surface area contributed by atoms with Crippen LogP contribution in [0, 0.1) is 0 Å². The fraction of sp³-hybridized carbons (Fsp3) is 0.556. The fourth-order valence-corrected chi connectivity index (χ4v) is 4.73. The van der Waals surface area contributed by atoms with E-state index in [4.69, 9.17) is 9.72 Å². The quantitative estimate of drug-likeness (QED) is 0.899. The molecule has 1 aromatic heterocycles. The van der Waals surface area contributed by atoms with Gasteiger partial charge in [0.05, 0.1) is 28.4 Å². The molecule has 0 saturated carbocycles. The standard InChI is InChI=1S/C18H23N3O2S/c22-17(13-20-8-10-23-11-9-20)21-7-3-4-14(12-21)18-19-15-5-1-2-6-16(15)24-18/h1-2,5-6,14H,3-4,7-13H2/p+1/t14-/m0/s1. The number of morpholine rings is 1. The maximum absolute atomic E-state index is 12.7. The fourth-order valence-electron chi connectivity index (χ4n) is 3.63. The van der Waals surface area contributed by atoms with Gasteiger partial charge in [-0.15, -0.1) is 11.3 Å². The molecule has 2 saturated heterocycles. The van der Waals surface area contributed by atoms with Gasteiger partial charge in [0.2, 0.25) is 0 Å². The number of aromatic nitrogens is 1. The Morgan fingerprint density at radius 3 is 3.00 bits per heavy atom. The molecule has 1 N–H and O–H groups in total. The Kier molecular flexibility index (Phi) is 4.78. The van der Waals surface area contributed by atoms with Crippen LogP contribution in [0.4, 0.5) is 0 Å². The second kappa shape index (κ2) is 7.17. The summed E-state index contributed by atoms with van der Waals surface area (Å²) < 4.78 is 6.62. The highest BCUT2D eigenvalue weighted by Gasteiger charge is 2.29. The molecule has 1 amide bonds. The number of carbonyl (C=O) groups excluding carboxylic acids is 1. The van der Waals surface area contributed by atoms with Crippen molar-refractivity contribution < 1.29 is 14.4 Å². The van der Waals surface area contributed by atoms with Crippen LogP contribution in [0.5, 0.6) is 0 Å². The zero-order valence-corrected chi connectivity index (χ0v) is 14.7. The average Bonchev–Trinajstić information content (AvgIpc) is 3.07. The lowest BCUT2D eigenvalue weighted by atomic mass is 9.98. The number of thiazole rings is 1. The van der Waals surface area contributed by atoms with Crippen LogP contribution in [0.2, 0.25) is 0 Å². The van der Waals surface area contributed by atoms with E-state index in [1.165, 1.54) is 14.6 Å². The van der Waals surface area contributed by atoms with Crippen LogP contribution in [-0.4, -0.2) is 61.7 Å². The van der Waals surface area contributed by atoms with Gasteiger partial charge in [0.25, 0.3) is 5.91 Å². The molecule has 0 bridgehead atoms. The summed E-state index contributed by atoms with van der Waals surface area (Å²) in [5.41, 5.74) is 1.08. The largest absolute Gasteiger partial charge is 0.370 e. The highest BCUT2D eigenvalue weighted by atomic mass is 32.1. The van der Waals surface area contributed by atoms with Gasteiger partial charge in [0.15, 0.2) is 6.54 Å². The van der Waals surface area contributed by atoms with E-state index < -0.39 is 0 Å². The number of nitrogens with one attached hydrogen (secondary N) is 1. The van der Waals surface area contributed by atoms with E-state index in [9.17, 15) is 4.79 Å². The summed E-state index contributed by atoms with van der Waals surface area (Å²) in [5.74, 6) is 0.678. The molecule has 4 rings (SSSR count). The van der Waals surface area contributed by atoms with Gasteiger partial charge < -0.3 is 14.5 Å². The SMILES string of the molecule is O=C(C[NH+]1CCOCC1)N1CCC[C@H](c2nc3ccccc3s2)C1. The van der Waals surface area contributed by atoms with Crippen molar-refractivity contribution in [2.24, 2.45) is 0 Å². The van der Waals surface area contributed by atoms with Crippen molar-refractivity contribution in [3.05, 3.63) is 29.3 Å². The van der Waals surface area contributed by atoms with Gasteiger partial charge in [-0.1, -0.05) is 12.1 Å². The van der Waals surface area contributed by atoms with Crippen LogP contribution >= 0.6 is 11.3 Å². The van der Waals surface area contributed by atoms with E-state index in [-0.39, 0.29) is 5.91 Å². The van der Waals surface area contributed by atoms with E-state index in [1.807, 2.05) is 6.07 Å². The molecule has 0 unspecified atom stereocenters. The first kappa shape index (κ1) is 16.0. The number of para-hydroxylation sites is 1. The second-order valence-corrected chi connectivity index (χ2v) is 7.80. The minimum absolute atomic E-state index is 0.290. The lowest BCUT2D eigenvalue weighted by Crippen LogP contribution is -3.15. The zero-order chi connectivity index (χ0) is 16.4. The summed E-state index contributed by atoms with van der Waals surface area (Å²) in [6.45, 7) is 5.76. The second-order valence-electron chi connectivity index (χ2n) is 6.74. The van der Waals surface area contributed by atoms with E-state index in [0.717, 1.165) is 57.8 Å². The number of ether oxygens (including phenoxy) is 1. The molecule has 1 aromatic carbocycles. The summed E-state index contributed by atoms with van der Waals surface area (Å²) in [6, 6.07) is 8.30. The summed E-state index contributed by atoms with van der Waals surface area (Å²) in [5, 5.41) is 1.19. The lowest BCUT2D eigenvalue weighted by Gasteiger charge is -2.33. The molecule has 24 heavy (non-hydrogen) atoms. The van der Waals surface area contributed by atoms with Crippen molar-refractivity contribution in [3.63, 3.8) is 0 Å². The third kappa shape index (κ3) is 3.45. The Balaban J connectivity index is 1.42. The number of likely N-dealkylation sites (tertiary alicyclic amines) is 1. The van der Waals surface area contributed by atoms with Gasteiger partial charge in [-0.2, -0.15) is 0 Å². The van der Waals surface area contributed by atoms with Gasteiger partial charge in [0.1, 0.15) is 13.1 Å². The van der Waals surface area contributed by atoms with E-state index in [1.54, 1.807) is 11.3 Å². The van der Waals surface area contributed by atoms with Gasteiger partial charge >= 0.3 is 0 Å². The number of fused-ring (bicyclic) bond motifs is 1. The van der Waals surface area contributed by atoms with Crippen LogP contribution in [-0.2, 0) is 9.53 Å². The Hall–Kier alpha value is -1.50. The Labute approximate surface area is 146 Å². The predicted octanol–water partition coefficient (Wildman–Crippen LogP) is 0.917. The van der Waals surface area contributed by atoms with Crippen molar-refractivity contribution in [3.8, 4) is 0 Å². The zero-order valence-electron chi connectivity index (χ0n) is 13.9. The first-order valence-corrected chi connectivity index (χ1v) is 9.66. The van der Waals surface area contributed by atoms with Crippen LogP contribution in [0.3, 0.4) is 0 Å². The number of nitrogens with zero attached hydrogens (tertiary/aromatic N) is 2. The summed E-state index contributed by atoms with van der Waals surface area (Å²) in [7, 11) is 0. The molecule has 2 aromatic rings. The van der Waals surface area contributed by atoms with Crippen LogP contribution in [0.1, 0.15) is 23.8 Å². The Morgan fingerprint density at radius 2 is 2.17 bits per heavy atom. The smallest absolute Gasteiger partial charge is 0.277 e. The number of quaternary nitrogens is 1. The summed E-state index contributed by atoms with van der Waals surface area (Å²) >= 11 is 1.78. The molecule has 0 aliphatic carbocycles. The molecular weight excluding hydrogens is 322 g/mol. The van der Waals surface area contributed by atoms with Crippen molar-refractivity contribution in [1.82, 2.24) is 9.88 Å². The molecule has 6 heteroatoms. The van der Waals surface area contributed by atoms with Gasteiger partial charge in [-0.3, -0.25) is 4.79 Å². The number of benzene rings is 1. The summed E-state index contributed by atoms with van der Waals surface area (Å²) in [4.78, 5) is 20.9. The molecule has 5 nitrogen and oxygen atoms in total. The van der Waals surface area contributed by atoms with Gasteiger partial charge in [-0.05, 0) is 25.0 Å². The number of carbonyl (C=O) groups is 1. The van der Waals surface area contributed by atoms with E-state index in [0.29, 0.717) is 12.5 Å². The number of piperidine rings is 1. The average molecular weight is 346 g/mol.